The first-order valence-electron chi connectivity index (χ1n) is 11.5. The molecule has 3 aromatic rings. The molecular formula is C26H28ClN5O2. The molecule has 3 N–H and O–H groups in total. The van der Waals surface area contributed by atoms with E-state index in [1.807, 2.05) is 50.4 Å². The number of nitrogens with zero attached hydrogens (tertiary/aromatic N) is 3. The van der Waals surface area contributed by atoms with Gasteiger partial charge in [-0.15, -0.1) is 0 Å². The molecule has 8 heteroatoms. The van der Waals surface area contributed by atoms with Crippen molar-refractivity contribution < 1.29 is 9.53 Å². The summed E-state index contributed by atoms with van der Waals surface area (Å²) in [5.74, 6) is 0.207. The van der Waals surface area contributed by atoms with Crippen LogP contribution in [0, 0.1) is 6.92 Å². The molecule has 0 radical (unpaired) electrons. The van der Waals surface area contributed by atoms with Gasteiger partial charge in [0.15, 0.2) is 5.96 Å². The van der Waals surface area contributed by atoms with Crippen LogP contribution in [-0.2, 0) is 15.1 Å². The number of carbonyl (C=O) groups is 1. The van der Waals surface area contributed by atoms with Gasteiger partial charge in [0, 0.05) is 41.3 Å². The van der Waals surface area contributed by atoms with Gasteiger partial charge < -0.3 is 15.8 Å². The maximum atomic E-state index is 13.2. The molecule has 1 aromatic heterocycles. The van der Waals surface area contributed by atoms with Gasteiger partial charge in [0.1, 0.15) is 0 Å². The molecule has 1 atom stereocenters. The molecule has 1 saturated heterocycles. The highest BCUT2D eigenvalue weighted by Crippen LogP contribution is 2.42. The number of guanidine groups is 1. The zero-order chi connectivity index (χ0) is 23.9. The molecule has 1 amide bonds. The molecule has 176 valence electrons. The summed E-state index contributed by atoms with van der Waals surface area (Å²) in [4.78, 5) is 24.2. The summed E-state index contributed by atoms with van der Waals surface area (Å²) in [6.07, 6.45) is 3.53. The summed E-state index contributed by atoms with van der Waals surface area (Å²) in [7, 11) is 0. The van der Waals surface area contributed by atoms with Crippen LogP contribution in [0.25, 0.3) is 10.8 Å². The van der Waals surface area contributed by atoms with Crippen molar-refractivity contribution in [3.05, 3.63) is 64.9 Å². The number of amides is 1. The summed E-state index contributed by atoms with van der Waals surface area (Å²) >= 11 is 6.91. The number of aliphatic imine (C=N–C) groups is 1. The van der Waals surface area contributed by atoms with Crippen LogP contribution in [0.4, 0.5) is 11.4 Å². The number of nitrogens with two attached hydrogens (primary N) is 1. The summed E-state index contributed by atoms with van der Waals surface area (Å²) < 4.78 is 5.43. The normalized spacial score (nSPS) is 21.6. The van der Waals surface area contributed by atoms with Crippen molar-refractivity contribution in [1.82, 2.24) is 9.88 Å². The Balaban J connectivity index is 1.49. The molecule has 5 rings (SSSR count). The number of rotatable bonds is 4. The number of aryl methyl sites for hydroxylation is 1. The molecule has 2 aliphatic rings. The van der Waals surface area contributed by atoms with Crippen LogP contribution in [0.1, 0.15) is 37.4 Å². The highest BCUT2D eigenvalue weighted by atomic mass is 35.5. The highest BCUT2D eigenvalue weighted by molar-refractivity contribution is 6.34. The van der Waals surface area contributed by atoms with Crippen LogP contribution in [0.5, 0.6) is 0 Å². The van der Waals surface area contributed by atoms with Crippen molar-refractivity contribution >= 4 is 45.6 Å². The molecule has 0 spiro atoms. The third-order valence-corrected chi connectivity index (χ3v) is 7.18. The average Bonchev–Trinajstić information content (AvgIpc) is 2.82. The third-order valence-electron chi connectivity index (χ3n) is 6.77. The minimum absolute atomic E-state index is 0.0281. The molecule has 7 nitrogen and oxygen atoms in total. The Kier molecular flexibility index (Phi) is 5.91. The zero-order valence-electron chi connectivity index (χ0n) is 19.3. The van der Waals surface area contributed by atoms with Crippen molar-refractivity contribution in [3.8, 4) is 0 Å². The lowest BCUT2D eigenvalue weighted by Gasteiger charge is -2.40. The Hall–Kier alpha value is -3.16. The Bertz CT molecular complexity index is 1290. The van der Waals surface area contributed by atoms with Gasteiger partial charge in [-0.3, -0.25) is 14.7 Å². The van der Waals surface area contributed by atoms with Crippen molar-refractivity contribution in [3.63, 3.8) is 0 Å². The van der Waals surface area contributed by atoms with Crippen LogP contribution < -0.4 is 11.1 Å². The first-order valence-corrected chi connectivity index (χ1v) is 11.9. The molecule has 2 aromatic carbocycles. The number of carbonyl (C=O) groups excluding carboxylic acids is 1. The summed E-state index contributed by atoms with van der Waals surface area (Å²) in [6.45, 7) is 5.15. The summed E-state index contributed by atoms with van der Waals surface area (Å²) in [5.41, 5.74) is 8.80. The Morgan fingerprint density at radius 1 is 1.12 bits per heavy atom. The monoisotopic (exact) mass is 477 g/mol. The van der Waals surface area contributed by atoms with Crippen molar-refractivity contribution in [2.75, 3.05) is 18.5 Å². The third kappa shape index (κ3) is 3.99. The van der Waals surface area contributed by atoms with Crippen LogP contribution in [0.3, 0.4) is 0 Å². The number of nitrogens with one attached hydrogen (secondary N) is 1. The van der Waals surface area contributed by atoms with E-state index in [2.05, 4.69) is 22.4 Å². The SMILES string of the molecule is Cc1ncc(Nc2cccc([C@]3(C)CC(=O)N(C4CCOCC4)C(N)=N3)c2Cl)c2ccccc12. The van der Waals surface area contributed by atoms with E-state index in [0.29, 0.717) is 18.2 Å². The van der Waals surface area contributed by atoms with E-state index in [9.17, 15) is 4.79 Å². The number of aromatic nitrogens is 1. The minimum Gasteiger partial charge on any atom is -0.381 e. The minimum atomic E-state index is -0.856. The zero-order valence-corrected chi connectivity index (χ0v) is 20.1. The maximum Gasteiger partial charge on any atom is 0.232 e. The fraction of sp³-hybridized carbons (Fsp3) is 0.346. The number of pyridine rings is 1. The molecule has 0 saturated carbocycles. The second-order valence-electron chi connectivity index (χ2n) is 9.12. The van der Waals surface area contributed by atoms with E-state index < -0.39 is 5.54 Å². The van der Waals surface area contributed by atoms with Gasteiger partial charge in [0.05, 0.1) is 34.6 Å². The van der Waals surface area contributed by atoms with E-state index >= 15 is 0 Å². The molecule has 0 aliphatic carbocycles. The Morgan fingerprint density at radius 2 is 1.85 bits per heavy atom. The van der Waals surface area contributed by atoms with E-state index in [-0.39, 0.29) is 24.3 Å². The van der Waals surface area contributed by atoms with E-state index in [0.717, 1.165) is 46.2 Å². The second kappa shape index (κ2) is 8.89. The van der Waals surface area contributed by atoms with Crippen molar-refractivity contribution in [2.45, 2.75) is 44.7 Å². The lowest BCUT2D eigenvalue weighted by atomic mass is 9.86. The Labute approximate surface area is 204 Å². The van der Waals surface area contributed by atoms with Crippen LogP contribution >= 0.6 is 11.6 Å². The quantitative estimate of drug-likeness (QED) is 0.558. The van der Waals surface area contributed by atoms with Crippen molar-refractivity contribution in [2.24, 2.45) is 10.7 Å². The lowest BCUT2D eigenvalue weighted by molar-refractivity contribution is -0.132. The smallest absolute Gasteiger partial charge is 0.232 e. The molecule has 1 fully saturated rings. The molecule has 0 unspecified atom stereocenters. The van der Waals surface area contributed by atoms with Crippen molar-refractivity contribution in [1.29, 1.82) is 0 Å². The van der Waals surface area contributed by atoms with Gasteiger partial charge in [0.25, 0.3) is 0 Å². The fourth-order valence-corrected chi connectivity index (χ4v) is 5.34. The number of fused-ring (bicyclic) bond motifs is 1. The lowest BCUT2D eigenvalue weighted by Crippen LogP contribution is -2.55. The molecule has 34 heavy (non-hydrogen) atoms. The number of benzene rings is 2. The highest BCUT2D eigenvalue weighted by Gasteiger charge is 2.41. The number of ether oxygens (including phenoxy) is 1. The molecule has 0 bridgehead atoms. The van der Waals surface area contributed by atoms with Gasteiger partial charge >= 0.3 is 0 Å². The van der Waals surface area contributed by atoms with E-state index in [4.69, 9.17) is 27.1 Å². The van der Waals surface area contributed by atoms with Gasteiger partial charge in [-0.25, -0.2) is 4.99 Å². The van der Waals surface area contributed by atoms with Gasteiger partial charge in [0.2, 0.25) is 5.91 Å². The Morgan fingerprint density at radius 3 is 2.59 bits per heavy atom. The predicted molar refractivity (Wildman–Crippen MR) is 135 cm³/mol. The molecule has 2 aliphatic heterocycles. The standard InChI is InChI=1S/C26H28ClN5O2/c1-16-18-6-3-4-7-19(18)22(15-29-16)30-21-9-5-8-20(24(21)27)26(2)14-23(33)32(25(28)31-26)17-10-12-34-13-11-17/h3-9,15,17,30H,10-14H2,1-2H3,(H2,28,31)/t26-/m0/s1. The van der Waals surface area contributed by atoms with Gasteiger partial charge in [-0.1, -0.05) is 48.0 Å². The summed E-state index contributed by atoms with van der Waals surface area (Å²) in [6, 6.07) is 13.9. The molecular weight excluding hydrogens is 450 g/mol. The predicted octanol–water partition coefficient (Wildman–Crippen LogP) is 4.88. The first-order chi connectivity index (χ1) is 16.4. The first kappa shape index (κ1) is 22.6. The topological polar surface area (TPSA) is 92.8 Å². The largest absolute Gasteiger partial charge is 0.381 e. The summed E-state index contributed by atoms with van der Waals surface area (Å²) in [5, 5.41) is 6.09. The number of halogens is 1. The fourth-order valence-electron chi connectivity index (χ4n) is 4.97. The van der Waals surface area contributed by atoms with Gasteiger partial charge in [-0.05, 0) is 32.8 Å². The number of hydrogen-bond donors (Lipinski definition) is 2. The average molecular weight is 478 g/mol. The van der Waals surface area contributed by atoms with E-state index in [1.54, 1.807) is 4.90 Å². The maximum absolute atomic E-state index is 13.2. The van der Waals surface area contributed by atoms with Crippen LogP contribution in [0.15, 0.2) is 53.7 Å². The number of anilines is 2. The van der Waals surface area contributed by atoms with E-state index in [1.165, 1.54) is 0 Å². The van der Waals surface area contributed by atoms with Crippen LogP contribution in [0.2, 0.25) is 5.02 Å². The second-order valence-corrected chi connectivity index (χ2v) is 9.50. The van der Waals surface area contributed by atoms with Crippen LogP contribution in [-0.4, -0.2) is 41.0 Å². The molecule has 3 heterocycles. The number of hydrogen-bond acceptors (Lipinski definition) is 6. The van der Waals surface area contributed by atoms with Gasteiger partial charge in [-0.2, -0.15) is 0 Å².